The number of carbonyl (C=O) groups excluding carboxylic acids is 3. The third-order valence-electron chi connectivity index (χ3n) is 7.54. The molecule has 2 radical (unpaired) electrons. The number of anilines is 1. The Morgan fingerprint density at radius 2 is 1.79 bits per heavy atom. The van der Waals surface area contributed by atoms with Crippen molar-refractivity contribution in [3.8, 4) is 0 Å². The fourth-order valence-electron chi connectivity index (χ4n) is 4.95. The van der Waals surface area contributed by atoms with Gasteiger partial charge in [0.15, 0.2) is 6.29 Å². The minimum Gasteiger partial charge on any atom is -0.381 e. The summed E-state index contributed by atoms with van der Waals surface area (Å²) in [5.74, 6) is -13.6. The zero-order valence-corrected chi connectivity index (χ0v) is 22.5. The molecule has 0 spiro atoms. The summed E-state index contributed by atoms with van der Waals surface area (Å²) in [6.45, 7) is 0.343. The van der Waals surface area contributed by atoms with Crippen LogP contribution in [0.1, 0.15) is 27.0 Å². The van der Waals surface area contributed by atoms with Gasteiger partial charge in [-0.3, -0.25) is 14.4 Å². The molecule has 0 aliphatic carbocycles. The molecular formula is C26H30BFN4O10. The number of carbonyl (C=O) groups is 3. The number of fused-ring (bicyclic) bond motifs is 1. The lowest BCUT2D eigenvalue weighted by Gasteiger charge is -2.48. The van der Waals surface area contributed by atoms with Crippen LogP contribution in [0.4, 0.5) is 10.1 Å². The molecule has 14 nitrogen and oxygen atoms in total. The molecule has 0 aromatic heterocycles. The van der Waals surface area contributed by atoms with Gasteiger partial charge in [0.2, 0.25) is 11.7 Å². The first kappa shape index (κ1) is 31.5. The van der Waals surface area contributed by atoms with E-state index >= 15 is 4.39 Å². The first-order chi connectivity index (χ1) is 19.6. The molecular weight excluding hydrogens is 558 g/mol. The van der Waals surface area contributed by atoms with E-state index in [0.717, 1.165) is 13.1 Å². The van der Waals surface area contributed by atoms with Crippen molar-refractivity contribution in [1.29, 1.82) is 0 Å². The summed E-state index contributed by atoms with van der Waals surface area (Å²) >= 11 is 0. The van der Waals surface area contributed by atoms with E-state index in [-0.39, 0.29) is 47.6 Å². The smallest absolute Gasteiger partial charge is 0.278 e. The highest BCUT2D eigenvalue weighted by Crippen LogP contribution is 2.39. The summed E-state index contributed by atoms with van der Waals surface area (Å²) in [5, 5.41) is 67.2. The van der Waals surface area contributed by atoms with Crippen LogP contribution >= 0.6 is 0 Å². The number of aldehydes is 1. The van der Waals surface area contributed by atoms with Crippen molar-refractivity contribution in [2.45, 2.75) is 36.0 Å². The average molecular weight is 588 g/mol. The molecule has 0 bridgehead atoms. The van der Waals surface area contributed by atoms with Crippen molar-refractivity contribution >= 4 is 31.6 Å². The van der Waals surface area contributed by atoms with Gasteiger partial charge in [0.05, 0.1) is 13.2 Å². The van der Waals surface area contributed by atoms with Gasteiger partial charge in [0.25, 0.3) is 17.6 Å². The maximum Gasteiger partial charge on any atom is 0.278 e. The summed E-state index contributed by atoms with van der Waals surface area (Å²) in [4.78, 5) is 39.1. The highest BCUT2D eigenvalue weighted by atomic mass is 19.1. The van der Waals surface area contributed by atoms with Crippen molar-refractivity contribution in [3.63, 3.8) is 0 Å². The van der Waals surface area contributed by atoms with Crippen LogP contribution in [0.5, 0.6) is 0 Å². The molecule has 2 aromatic rings. The first-order valence-corrected chi connectivity index (χ1v) is 12.7. The molecule has 1 saturated heterocycles. The number of hydrogen-bond acceptors (Lipinski definition) is 12. The van der Waals surface area contributed by atoms with Crippen LogP contribution in [-0.4, -0.2) is 117 Å². The van der Waals surface area contributed by atoms with E-state index in [4.69, 9.17) is 12.6 Å². The quantitative estimate of drug-likeness (QED) is 0.0793. The van der Waals surface area contributed by atoms with Gasteiger partial charge in [-0.15, -0.1) is 0 Å². The van der Waals surface area contributed by atoms with Crippen LogP contribution in [-0.2, 0) is 33.3 Å². The van der Waals surface area contributed by atoms with E-state index in [1.54, 1.807) is 0 Å². The molecule has 4 rings (SSSR count). The van der Waals surface area contributed by atoms with E-state index in [9.17, 15) is 45.0 Å². The Balaban J connectivity index is 1.59. The number of likely N-dealkylation sites (N-methyl/N-ethyl adjacent to an activating group) is 1. The highest BCUT2D eigenvalue weighted by molar-refractivity contribution is 6.31. The molecule has 2 heterocycles. The number of ether oxygens (including phenoxy) is 1. The van der Waals surface area contributed by atoms with Crippen LogP contribution in [0, 0.1) is 5.82 Å². The summed E-state index contributed by atoms with van der Waals surface area (Å²) in [6.07, 6.45) is -0.656. The second-order valence-corrected chi connectivity index (χ2v) is 9.98. The number of hydrogen-bond donors (Lipinski definition) is 8. The normalized spacial score (nSPS) is 17.9. The largest absolute Gasteiger partial charge is 0.381 e. The van der Waals surface area contributed by atoms with Crippen LogP contribution < -0.4 is 10.6 Å². The Morgan fingerprint density at radius 1 is 1.12 bits per heavy atom. The topological polar surface area (TPSA) is 212 Å². The highest BCUT2D eigenvalue weighted by Gasteiger charge is 2.67. The maximum absolute atomic E-state index is 15.0. The van der Waals surface area contributed by atoms with E-state index in [0.29, 0.717) is 18.1 Å². The van der Waals surface area contributed by atoms with Crippen molar-refractivity contribution in [3.05, 3.63) is 64.5 Å². The average Bonchev–Trinajstić information content (AvgIpc) is 3.32. The van der Waals surface area contributed by atoms with E-state index in [1.807, 2.05) is 5.32 Å². The number of morpholine rings is 1. The van der Waals surface area contributed by atoms with Crippen molar-refractivity contribution in [2.24, 2.45) is 0 Å². The van der Waals surface area contributed by atoms with Crippen LogP contribution in [0.15, 0.2) is 36.4 Å². The Kier molecular flexibility index (Phi) is 8.47. The minimum absolute atomic E-state index is 0.0474. The van der Waals surface area contributed by atoms with E-state index in [1.165, 1.54) is 35.2 Å². The van der Waals surface area contributed by atoms with Gasteiger partial charge in [0, 0.05) is 61.2 Å². The fourth-order valence-corrected chi connectivity index (χ4v) is 4.95. The maximum atomic E-state index is 15.0. The van der Waals surface area contributed by atoms with Crippen molar-refractivity contribution in [1.82, 2.24) is 15.1 Å². The Hall–Kier alpha value is -3.48. The van der Waals surface area contributed by atoms with Gasteiger partial charge in [-0.05, 0) is 18.2 Å². The second-order valence-electron chi connectivity index (χ2n) is 9.98. The number of rotatable bonds is 10. The van der Waals surface area contributed by atoms with Gasteiger partial charge in [-0.1, -0.05) is 18.2 Å². The van der Waals surface area contributed by atoms with E-state index in [2.05, 4.69) is 5.32 Å². The Morgan fingerprint density at radius 3 is 2.38 bits per heavy atom. The minimum atomic E-state index is -4.08. The van der Waals surface area contributed by atoms with Crippen LogP contribution in [0.25, 0.3) is 0 Å². The van der Waals surface area contributed by atoms with Gasteiger partial charge < -0.3 is 50.9 Å². The molecule has 42 heavy (non-hydrogen) atoms. The number of nitrogens with zero attached hydrogens (tertiary/aromatic N) is 2. The predicted octanol–water partition coefficient (Wildman–Crippen LogP) is -3.01. The lowest BCUT2D eigenvalue weighted by molar-refractivity contribution is -0.352. The molecule has 1 fully saturated rings. The lowest BCUT2D eigenvalue weighted by Crippen LogP contribution is -2.79. The molecule has 224 valence electrons. The molecule has 8 N–H and O–H groups in total. The van der Waals surface area contributed by atoms with Crippen molar-refractivity contribution < 1.29 is 54.2 Å². The third kappa shape index (κ3) is 5.05. The fraction of sp³-hybridized carbons (Fsp3) is 0.423. The monoisotopic (exact) mass is 588 g/mol. The number of benzene rings is 2. The molecule has 2 amide bonds. The molecule has 2 aliphatic heterocycles. The summed E-state index contributed by atoms with van der Waals surface area (Å²) < 4.78 is 20.3. The van der Waals surface area contributed by atoms with Gasteiger partial charge in [-0.25, -0.2) is 9.29 Å². The van der Waals surface area contributed by atoms with Crippen molar-refractivity contribution in [2.75, 3.05) is 38.7 Å². The standard InChI is InChI=1S/C26H30BFN4O10/c1-29-22(35)24(27,26(40,41)23(36,37)14-33)32-13-18-17(21(32)34)3-2-4-20(18)30-12-15-5-6-16(11-19(15)28)25(38,39)31-7-9-42-10-8-31/h2-6,11,14,30,36-41H,7-10,12-13H2,1H3,(H,29,35). The molecule has 16 heteroatoms. The number of nitrogens with one attached hydrogen (secondary N) is 2. The lowest BCUT2D eigenvalue weighted by atomic mass is 9.65. The molecule has 0 saturated carbocycles. The van der Waals surface area contributed by atoms with Gasteiger partial charge in [0.1, 0.15) is 19.1 Å². The molecule has 1 unspecified atom stereocenters. The third-order valence-corrected chi connectivity index (χ3v) is 7.54. The van der Waals surface area contributed by atoms with Gasteiger partial charge in [-0.2, -0.15) is 0 Å². The zero-order valence-electron chi connectivity index (χ0n) is 22.5. The summed E-state index contributed by atoms with van der Waals surface area (Å²) in [5.41, 5.74) is -2.84. The van der Waals surface area contributed by atoms with Crippen LogP contribution in [0.2, 0.25) is 0 Å². The SMILES string of the molecule is [B]C(C(=O)NC)(N1Cc2c(NCc3ccc(C(O)(O)N4CCOCC4)cc3F)cccc2C1=O)C(O)(O)C(O)(O)C=O. The molecule has 2 aromatic carbocycles. The number of halogens is 1. The Bertz CT molecular complexity index is 1380. The second kappa shape index (κ2) is 11.3. The number of aliphatic hydroxyl groups is 6. The summed E-state index contributed by atoms with van der Waals surface area (Å²) in [6, 6.07) is 8.01. The first-order valence-electron chi connectivity index (χ1n) is 12.7. The number of amides is 2. The van der Waals surface area contributed by atoms with Crippen LogP contribution in [0.3, 0.4) is 0 Å². The molecule has 2 aliphatic rings. The Labute approximate surface area is 240 Å². The van der Waals surface area contributed by atoms with Gasteiger partial charge >= 0.3 is 0 Å². The predicted molar refractivity (Wildman–Crippen MR) is 142 cm³/mol. The zero-order chi connectivity index (χ0) is 31.1. The molecule has 1 atom stereocenters. The summed E-state index contributed by atoms with van der Waals surface area (Å²) in [7, 11) is 7.04. The van der Waals surface area contributed by atoms with E-state index < -0.39 is 53.4 Å².